The summed E-state index contributed by atoms with van der Waals surface area (Å²) in [5, 5.41) is 7.50. The van der Waals surface area contributed by atoms with Crippen LogP contribution in [0.3, 0.4) is 0 Å². The average Bonchev–Trinajstić information content (AvgIpc) is 3.23. The van der Waals surface area contributed by atoms with Gasteiger partial charge in [0.2, 0.25) is 5.91 Å². The largest absolute Gasteiger partial charge is 0.381 e. The first kappa shape index (κ1) is 22.3. The Morgan fingerprint density at radius 1 is 1.31 bits per heavy atom. The van der Waals surface area contributed by atoms with Crippen LogP contribution in [0.25, 0.3) is 0 Å². The summed E-state index contributed by atoms with van der Waals surface area (Å²) in [5.74, 6) is 0.496. The summed E-state index contributed by atoms with van der Waals surface area (Å²) in [6.07, 6.45) is 5.13. The molecule has 0 bridgehead atoms. The number of ether oxygens (including phenoxy) is 1. The summed E-state index contributed by atoms with van der Waals surface area (Å²) in [4.78, 5) is 21.6. The molecule has 3 heterocycles. The molecular weight excluding hydrogens is 411 g/mol. The Labute approximate surface area is 188 Å². The number of anilines is 1. The van der Waals surface area contributed by atoms with Crippen LogP contribution >= 0.6 is 0 Å². The number of aliphatic imine (C=N–C) groups is 1. The first-order chi connectivity index (χ1) is 15.5. The molecule has 1 aromatic carbocycles. The molecule has 4 rings (SSSR count). The summed E-state index contributed by atoms with van der Waals surface area (Å²) in [5.41, 5.74) is 1.49. The number of carbonyl (C=O) groups excluding carboxylic acids is 1. The van der Waals surface area contributed by atoms with E-state index in [9.17, 15) is 9.18 Å². The van der Waals surface area contributed by atoms with Crippen molar-refractivity contribution in [3.63, 3.8) is 0 Å². The number of hydrogen-bond acceptors (Lipinski definition) is 4. The third kappa shape index (κ3) is 4.77. The lowest BCUT2D eigenvalue weighted by Gasteiger charge is -2.38. The lowest BCUT2D eigenvalue weighted by atomic mass is 9.74. The van der Waals surface area contributed by atoms with Gasteiger partial charge in [-0.25, -0.2) is 4.39 Å². The molecule has 32 heavy (non-hydrogen) atoms. The van der Waals surface area contributed by atoms with E-state index < -0.39 is 0 Å². The molecule has 1 N–H and O–H groups in total. The van der Waals surface area contributed by atoms with Gasteiger partial charge < -0.3 is 19.9 Å². The highest BCUT2D eigenvalue weighted by molar-refractivity contribution is 5.98. The second-order valence-corrected chi connectivity index (χ2v) is 8.41. The van der Waals surface area contributed by atoms with Crippen LogP contribution in [0.4, 0.5) is 10.1 Å². The van der Waals surface area contributed by atoms with Gasteiger partial charge >= 0.3 is 0 Å². The number of hydrogen-bond donors (Lipinski definition) is 1. The van der Waals surface area contributed by atoms with Gasteiger partial charge in [0.15, 0.2) is 5.96 Å². The first-order valence-electron chi connectivity index (χ1n) is 11.2. The van der Waals surface area contributed by atoms with Crippen LogP contribution in [0.1, 0.15) is 25.3 Å². The molecule has 2 aromatic rings. The van der Waals surface area contributed by atoms with Crippen LogP contribution in [0, 0.1) is 5.82 Å². The maximum atomic E-state index is 14.0. The van der Waals surface area contributed by atoms with Crippen molar-refractivity contribution in [1.82, 2.24) is 20.0 Å². The SMILES string of the molecule is CCNC(=NCC1(c2cccc(F)c2)CCOCC1)N1CCN(c2cnn(C)c2)C(=O)C1. The van der Waals surface area contributed by atoms with Crippen molar-refractivity contribution in [3.8, 4) is 0 Å². The molecule has 0 radical (unpaired) electrons. The first-order valence-corrected chi connectivity index (χ1v) is 11.2. The fourth-order valence-corrected chi connectivity index (χ4v) is 4.45. The molecule has 0 atom stereocenters. The molecule has 8 nitrogen and oxygen atoms in total. The molecule has 9 heteroatoms. The average molecular weight is 443 g/mol. The van der Waals surface area contributed by atoms with Crippen molar-refractivity contribution in [1.29, 1.82) is 0 Å². The minimum absolute atomic E-state index is 0.0146. The third-order valence-electron chi connectivity index (χ3n) is 6.28. The van der Waals surface area contributed by atoms with Gasteiger partial charge in [0.25, 0.3) is 0 Å². The van der Waals surface area contributed by atoms with Gasteiger partial charge in [-0.05, 0) is 37.5 Å². The van der Waals surface area contributed by atoms with Crippen molar-refractivity contribution in [3.05, 3.63) is 48.0 Å². The number of nitrogens with one attached hydrogen (secondary N) is 1. The number of guanidine groups is 1. The van der Waals surface area contributed by atoms with E-state index in [2.05, 4.69) is 10.4 Å². The van der Waals surface area contributed by atoms with Crippen molar-refractivity contribution in [2.45, 2.75) is 25.2 Å². The van der Waals surface area contributed by atoms with Crippen molar-refractivity contribution in [2.75, 3.05) is 50.8 Å². The van der Waals surface area contributed by atoms with Crippen LogP contribution in [0.5, 0.6) is 0 Å². The summed E-state index contributed by atoms with van der Waals surface area (Å²) in [6.45, 7) is 5.97. The maximum absolute atomic E-state index is 14.0. The van der Waals surface area contributed by atoms with E-state index in [0.29, 0.717) is 45.4 Å². The van der Waals surface area contributed by atoms with E-state index in [1.165, 1.54) is 6.07 Å². The number of nitrogens with zero attached hydrogens (tertiary/aromatic N) is 5. The molecule has 1 aromatic heterocycles. The molecule has 2 fully saturated rings. The number of halogens is 1. The van der Waals surface area contributed by atoms with E-state index in [-0.39, 0.29) is 23.7 Å². The van der Waals surface area contributed by atoms with Crippen molar-refractivity contribution in [2.24, 2.45) is 12.0 Å². The van der Waals surface area contributed by atoms with Crippen LogP contribution in [0.15, 0.2) is 41.7 Å². The number of piperazine rings is 1. The van der Waals surface area contributed by atoms with Gasteiger partial charge in [-0.2, -0.15) is 5.10 Å². The summed E-state index contributed by atoms with van der Waals surface area (Å²) in [6, 6.07) is 6.82. The summed E-state index contributed by atoms with van der Waals surface area (Å²) in [7, 11) is 1.84. The number of aromatic nitrogens is 2. The van der Waals surface area contributed by atoms with E-state index in [1.807, 2.05) is 31.1 Å². The quantitative estimate of drug-likeness (QED) is 0.566. The smallest absolute Gasteiger partial charge is 0.246 e. The molecule has 2 aliphatic rings. The van der Waals surface area contributed by atoms with Crippen LogP contribution in [0.2, 0.25) is 0 Å². The normalized spacial score (nSPS) is 19.3. The van der Waals surface area contributed by atoms with Gasteiger partial charge in [-0.15, -0.1) is 0 Å². The molecule has 2 aliphatic heterocycles. The Morgan fingerprint density at radius 2 is 2.12 bits per heavy atom. The molecule has 1 amide bonds. The van der Waals surface area contributed by atoms with E-state index >= 15 is 0 Å². The summed E-state index contributed by atoms with van der Waals surface area (Å²) < 4.78 is 21.3. The predicted molar refractivity (Wildman–Crippen MR) is 121 cm³/mol. The van der Waals surface area contributed by atoms with E-state index in [0.717, 1.165) is 24.1 Å². The molecular formula is C23H31FN6O2. The highest BCUT2D eigenvalue weighted by Crippen LogP contribution is 2.35. The topological polar surface area (TPSA) is 75.0 Å². The second-order valence-electron chi connectivity index (χ2n) is 8.41. The lowest BCUT2D eigenvalue weighted by Crippen LogP contribution is -2.55. The van der Waals surface area contributed by atoms with Gasteiger partial charge in [0.05, 0.1) is 18.4 Å². The third-order valence-corrected chi connectivity index (χ3v) is 6.28. The zero-order valence-corrected chi connectivity index (χ0v) is 18.8. The predicted octanol–water partition coefficient (Wildman–Crippen LogP) is 1.92. The van der Waals surface area contributed by atoms with E-state index in [1.54, 1.807) is 27.9 Å². The van der Waals surface area contributed by atoms with Crippen LogP contribution in [-0.2, 0) is 22.0 Å². The van der Waals surface area contributed by atoms with Gasteiger partial charge in [-0.1, -0.05) is 12.1 Å². The minimum Gasteiger partial charge on any atom is -0.381 e. The zero-order chi connectivity index (χ0) is 22.6. The Hall–Kier alpha value is -2.94. The highest BCUT2D eigenvalue weighted by atomic mass is 19.1. The lowest BCUT2D eigenvalue weighted by molar-refractivity contribution is -0.120. The Balaban J connectivity index is 1.52. The van der Waals surface area contributed by atoms with Gasteiger partial charge in [0.1, 0.15) is 12.4 Å². The number of benzene rings is 1. The van der Waals surface area contributed by atoms with Crippen molar-refractivity contribution >= 4 is 17.6 Å². The second kappa shape index (κ2) is 9.68. The standard InChI is InChI=1S/C23H31FN6O2/c1-3-25-22(29-9-10-30(21(31)16-29)20-14-27-28(2)15-20)26-17-23(7-11-32-12-8-23)18-5-4-6-19(24)13-18/h4-6,13-15H,3,7-12,16-17H2,1-2H3,(H,25,26). The fraction of sp³-hybridized carbons (Fsp3) is 0.522. The molecule has 172 valence electrons. The zero-order valence-electron chi connectivity index (χ0n) is 18.8. The number of carbonyl (C=O) groups is 1. The maximum Gasteiger partial charge on any atom is 0.246 e. The molecule has 0 unspecified atom stereocenters. The Kier molecular flexibility index (Phi) is 6.74. The molecule has 0 aliphatic carbocycles. The fourth-order valence-electron chi connectivity index (χ4n) is 4.45. The van der Waals surface area contributed by atoms with Crippen LogP contribution in [-0.4, -0.2) is 72.5 Å². The van der Waals surface area contributed by atoms with Gasteiger partial charge in [0, 0.05) is 51.5 Å². The molecule has 0 saturated carbocycles. The number of rotatable bonds is 5. The number of amides is 1. The van der Waals surface area contributed by atoms with Crippen molar-refractivity contribution < 1.29 is 13.9 Å². The monoisotopic (exact) mass is 442 g/mol. The number of aryl methyl sites for hydroxylation is 1. The Morgan fingerprint density at radius 3 is 2.78 bits per heavy atom. The summed E-state index contributed by atoms with van der Waals surface area (Å²) >= 11 is 0. The highest BCUT2D eigenvalue weighted by Gasteiger charge is 2.35. The van der Waals surface area contributed by atoms with E-state index in [4.69, 9.17) is 9.73 Å². The molecule has 2 saturated heterocycles. The minimum atomic E-state index is -0.275. The van der Waals surface area contributed by atoms with Gasteiger partial charge in [-0.3, -0.25) is 14.5 Å². The van der Waals surface area contributed by atoms with Crippen LogP contribution < -0.4 is 10.2 Å². The molecule has 0 spiro atoms. The Bertz CT molecular complexity index is 969.